The average Bonchev–Trinajstić information content (AvgIpc) is 2.69. The molecule has 29 heavy (non-hydrogen) atoms. The summed E-state index contributed by atoms with van der Waals surface area (Å²) in [5, 5.41) is 5.74. The number of nitrogens with zero attached hydrogens (tertiary/aromatic N) is 2. The predicted molar refractivity (Wildman–Crippen MR) is 110 cm³/mol. The number of nitrogens with one attached hydrogen (secondary N) is 2. The Hall–Kier alpha value is -3.09. The minimum absolute atomic E-state index is 0.0901. The summed E-state index contributed by atoms with van der Waals surface area (Å²) in [4.78, 5) is 7.92. The summed E-state index contributed by atoms with van der Waals surface area (Å²) in [6.45, 7) is 4.13. The van der Waals surface area contributed by atoms with Gasteiger partial charge in [0.2, 0.25) is 5.95 Å². The van der Waals surface area contributed by atoms with E-state index in [-0.39, 0.29) is 11.8 Å². The molecule has 0 aliphatic rings. The quantitative estimate of drug-likeness (QED) is 0.475. The highest BCUT2D eigenvalue weighted by molar-refractivity contribution is 5.63. The normalized spacial score (nSPS) is 11.3. The Morgan fingerprint density at radius 3 is 1.97 bits per heavy atom. The molecule has 1 heterocycles. The molecule has 4 nitrogen and oxygen atoms in total. The first-order valence-corrected chi connectivity index (χ1v) is 9.55. The summed E-state index contributed by atoms with van der Waals surface area (Å²) in [6.07, 6.45) is -0.935. The largest absolute Gasteiger partial charge is 0.421 e. The van der Waals surface area contributed by atoms with Gasteiger partial charge in [0.1, 0.15) is 11.4 Å². The number of alkyl halides is 3. The van der Waals surface area contributed by atoms with Crippen LogP contribution in [0.3, 0.4) is 0 Å². The molecular formula is C22H23F3N4. The van der Waals surface area contributed by atoms with Gasteiger partial charge in [-0.05, 0) is 48.2 Å². The van der Waals surface area contributed by atoms with E-state index in [4.69, 9.17) is 0 Å². The molecule has 1 aromatic heterocycles. The van der Waals surface area contributed by atoms with Gasteiger partial charge in [-0.25, -0.2) is 4.98 Å². The van der Waals surface area contributed by atoms with Crippen LogP contribution in [0.5, 0.6) is 0 Å². The summed E-state index contributed by atoms with van der Waals surface area (Å²) >= 11 is 0. The van der Waals surface area contributed by atoms with E-state index >= 15 is 0 Å². The first-order chi connectivity index (χ1) is 13.9. The van der Waals surface area contributed by atoms with Crippen LogP contribution in [-0.2, 0) is 19.0 Å². The van der Waals surface area contributed by atoms with Crippen LogP contribution < -0.4 is 10.6 Å². The Bertz CT molecular complexity index is 936. The standard InChI is InChI=1S/C22H23F3N4/c1-3-5-16-8-12-17(13-9-16)27-20-19(22(23,24)25)14-26-21(29-20)28-18-10-6-15(4-2)7-11-18/h6-14H,3-5H2,1-2H3,(H2,26,27,28,29). The van der Waals surface area contributed by atoms with Crippen molar-refractivity contribution in [3.63, 3.8) is 0 Å². The van der Waals surface area contributed by atoms with E-state index < -0.39 is 11.7 Å². The van der Waals surface area contributed by atoms with E-state index in [1.807, 2.05) is 43.3 Å². The van der Waals surface area contributed by atoms with E-state index in [1.165, 1.54) is 0 Å². The molecule has 0 radical (unpaired) electrons. The lowest BCUT2D eigenvalue weighted by atomic mass is 10.1. The van der Waals surface area contributed by atoms with Crippen molar-refractivity contribution in [1.82, 2.24) is 9.97 Å². The van der Waals surface area contributed by atoms with Crippen molar-refractivity contribution in [2.75, 3.05) is 10.6 Å². The number of anilines is 4. The van der Waals surface area contributed by atoms with Crippen LogP contribution >= 0.6 is 0 Å². The van der Waals surface area contributed by atoms with E-state index in [0.29, 0.717) is 11.4 Å². The van der Waals surface area contributed by atoms with Crippen LogP contribution in [0.25, 0.3) is 0 Å². The lowest BCUT2D eigenvalue weighted by Crippen LogP contribution is -2.12. The molecule has 0 bridgehead atoms. The van der Waals surface area contributed by atoms with Gasteiger partial charge in [0.15, 0.2) is 0 Å². The first kappa shape index (κ1) is 20.6. The second-order valence-corrected chi connectivity index (χ2v) is 6.70. The van der Waals surface area contributed by atoms with Crippen molar-refractivity contribution >= 4 is 23.1 Å². The van der Waals surface area contributed by atoms with Crippen molar-refractivity contribution in [2.24, 2.45) is 0 Å². The summed E-state index contributed by atoms with van der Waals surface area (Å²) in [6, 6.07) is 14.9. The molecule has 0 spiro atoms. The minimum atomic E-state index is -4.56. The second kappa shape index (κ2) is 8.94. The number of aryl methyl sites for hydroxylation is 2. The summed E-state index contributed by atoms with van der Waals surface area (Å²) < 4.78 is 40.3. The number of hydrogen-bond acceptors (Lipinski definition) is 4. The van der Waals surface area contributed by atoms with Crippen LogP contribution in [-0.4, -0.2) is 9.97 Å². The minimum Gasteiger partial charge on any atom is -0.340 e. The molecule has 0 saturated carbocycles. The van der Waals surface area contributed by atoms with E-state index in [2.05, 4.69) is 27.5 Å². The molecule has 2 N–H and O–H groups in total. The predicted octanol–water partition coefficient (Wildman–Crippen LogP) is 6.50. The van der Waals surface area contributed by atoms with Gasteiger partial charge in [0.25, 0.3) is 0 Å². The Balaban J connectivity index is 1.87. The molecule has 0 unspecified atom stereocenters. The highest BCUT2D eigenvalue weighted by Gasteiger charge is 2.35. The van der Waals surface area contributed by atoms with Crippen LogP contribution in [0.4, 0.5) is 36.3 Å². The van der Waals surface area contributed by atoms with Crippen LogP contribution in [0.1, 0.15) is 37.0 Å². The Morgan fingerprint density at radius 1 is 0.828 bits per heavy atom. The van der Waals surface area contributed by atoms with Gasteiger partial charge >= 0.3 is 6.18 Å². The first-order valence-electron chi connectivity index (χ1n) is 9.55. The highest BCUT2D eigenvalue weighted by atomic mass is 19.4. The average molecular weight is 400 g/mol. The third-order valence-electron chi connectivity index (χ3n) is 4.47. The van der Waals surface area contributed by atoms with Gasteiger partial charge in [0.05, 0.1) is 0 Å². The number of aromatic nitrogens is 2. The van der Waals surface area contributed by atoms with E-state index in [1.54, 1.807) is 12.1 Å². The summed E-state index contributed by atoms with van der Waals surface area (Å²) in [5.74, 6) is -0.198. The molecule has 0 atom stereocenters. The number of benzene rings is 2. The van der Waals surface area contributed by atoms with Crippen LogP contribution in [0.15, 0.2) is 54.7 Å². The van der Waals surface area contributed by atoms with Crippen molar-refractivity contribution in [1.29, 1.82) is 0 Å². The van der Waals surface area contributed by atoms with Gasteiger partial charge in [-0.1, -0.05) is 44.5 Å². The monoisotopic (exact) mass is 400 g/mol. The van der Waals surface area contributed by atoms with Crippen molar-refractivity contribution in [2.45, 2.75) is 39.3 Å². The van der Waals surface area contributed by atoms with Crippen LogP contribution in [0.2, 0.25) is 0 Å². The number of rotatable bonds is 7. The van der Waals surface area contributed by atoms with Gasteiger partial charge in [-0.2, -0.15) is 18.2 Å². The SMILES string of the molecule is CCCc1ccc(Nc2nc(Nc3ccc(CC)cc3)ncc2C(F)(F)F)cc1. The summed E-state index contributed by atoms with van der Waals surface area (Å²) in [7, 11) is 0. The number of hydrogen-bond donors (Lipinski definition) is 2. The maximum Gasteiger partial charge on any atom is 0.421 e. The molecule has 152 valence electrons. The Morgan fingerprint density at radius 2 is 1.41 bits per heavy atom. The molecule has 0 aliphatic heterocycles. The molecule has 3 rings (SSSR count). The molecule has 0 aliphatic carbocycles. The lowest BCUT2D eigenvalue weighted by molar-refractivity contribution is -0.137. The lowest BCUT2D eigenvalue weighted by Gasteiger charge is -2.15. The fraction of sp³-hybridized carbons (Fsp3) is 0.273. The third kappa shape index (κ3) is 5.47. The van der Waals surface area contributed by atoms with Crippen molar-refractivity contribution < 1.29 is 13.2 Å². The molecule has 0 fully saturated rings. The maximum absolute atomic E-state index is 13.4. The fourth-order valence-corrected chi connectivity index (χ4v) is 2.88. The van der Waals surface area contributed by atoms with Gasteiger partial charge in [0, 0.05) is 17.6 Å². The van der Waals surface area contributed by atoms with Crippen LogP contribution in [0, 0.1) is 0 Å². The molecule has 0 saturated heterocycles. The molecule has 3 aromatic rings. The fourth-order valence-electron chi connectivity index (χ4n) is 2.88. The van der Waals surface area contributed by atoms with Gasteiger partial charge in [-0.15, -0.1) is 0 Å². The molecular weight excluding hydrogens is 377 g/mol. The topological polar surface area (TPSA) is 49.8 Å². The maximum atomic E-state index is 13.4. The number of halogens is 3. The van der Waals surface area contributed by atoms with E-state index in [9.17, 15) is 13.2 Å². The highest BCUT2D eigenvalue weighted by Crippen LogP contribution is 2.35. The Labute approximate surface area is 168 Å². The smallest absolute Gasteiger partial charge is 0.340 e. The second-order valence-electron chi connectivity index (χ2n) is 6.70. The van der Waals surface area contributed by atoms with Crippen molar-refractivity contribution in [3.8, 4) is 0 Å². The zero-order chi connectivity index (χ0) is 20.9. The zero-order valence-electron chi connectivity index (χ0n) is 16.3. The third-order valence-corrected chi connectivity index (χ3v) is 4.47. The summed E-state index contributed by atoms with van der Waals surface area (Å²) in [5.41, 5.74) is 2.62. The molecule has 7 heteroatoms. The molecule has 2 aromatic carbocycles. The Kier molecular flexibility index (Phi) is 6.36. The van der Waals surface area contributed by atoms with Crippen molar-refractivity contribution in [3.05, 3.63) is 71.4 Å². The van der Waals surface area contributed by atoms with Gasteiger partial charge in [-0.3, -0.25) is 0 Å². The van der Waals surface area contributed by atoms with Gasteiger partial charge < -0.3 is 10.6 Å². The van der Waals surface area contributed by atoms with E-state index in [0.717, 1.165) is 36.6 Å². The molecule has 0 amide bonds. The zero-order valence-corrected chi connectivity index (χ0v) is 16.3.